The number of nitrogens with one attached hydrogen (secondary N) is 1. The largest absolute Gasteiger partial charge is 0.493 e. The van der Waals surface area contributed by atoms with Crippen LogP contribution in [0.3, 0.4) is 0 Å². The van der Waals surface area contributed by atoms with Gasteiger partial charge in [-0.1, -0.05) is 6.92 Å². The van der Waals surface area contributed by atoms with Gasteiger partial charge in [-0.25, -0.2) is 0 Å². The van der Waals surface area contributed by atoms with E-state index in [0.29, 0.717) is 6.04 Å². The van der Waals surface area contributed by atoms with Gasteiger partial charge in [-0.15, -0.1) is 0 Å². The summed E-state index contributed by atoms with van der Waals surface area (Å²) < 4.78 is 5.81. The van der Waals surface area contributed by atoms with Crippen molar-refractivity contribution in [2.45, 2.75) is 39.2 Å². The molecule has 0 fully saturated rings. The van der Waals surface area contributed by atoms with E-state index in [-0.39, 0.29) is 0 Å². The normalized spacial score (nSPS) is 16.2. The number of ether oxygens (including phenoxy) is 1. The number of hydrogen-bond donors (Lipinski definition) is 1. The van der Waals surface area contributed by atoms with Gasteiger partial charge in [0.1, 0.15) is 5.75 Å². The Kier molecular flexibility index (Phi) is 3.70. The maximum Gasteiger partial charge on any atom is 0.123 e. The Morgan fingerprint density at radius 2 is 2.25 bits per heavy atom. The molecular formula is C17H24N2O. The van der Waals surface area contributed by atoms with Gasteiger partial charge in [0.05, 0.1) is 6.61 Å². The summed E-state index contributed by atoms with van der Waals surface area (Å²) >= 11 is 0. The van der Waals surface area contributed by atoms with Crippen molar-refractivity contribution in [1.82, 2.24) is 9.88 Å². The molecule has 3 nitrogen and oxygen atoms in total. The van der Waals surface area contributed by atoms with E-state index in [9.17, 15) is 0 Å². The number of rotatable bonds is 4. The molecule has 1 aliphatic rings. The maximum atomic E-state index is 5.81. The molecule has 108 valence electrons. The van der Waals surface area contributed by atoms with Crippen molar-refractivity contribution in [3.63, 3.8) is 0 Å². The number of benzene rings is 1. The number of H-pyrrole nitrogens is 1. The highest BCUT2D eigenvalue weighted by atomic mass is 16.5. The van der Waals surface area contributed by atoms with Crippen LogP contribution in [-0.2, 0) is 12.8 Å². The van der Waals surface area contributed by atoms with Gasteiger partial charge in [-0.3, -0.25) is 0 Å². The first-order valence-corrected chi connectivity index (χ1v) is 7.65. The fourth-order valence-corrected chi connectivity index (χ4v) is 3.11. The molecule has 0 bridgehead atoms. The molecule has 20 heavy (non-hydrogen) atoms. The Morgan fingerprint density at radius 1 is 1.40 bits per heavy atom. The first-order chi connectivity index (χ1) is 9.70. The molecule has 0 radical (unpaired) electrons. The van der Waals surface area contributed by atoms with Gasteiger partial charge in [0.15, 0.2) is 0 Å². The second kappa shape index (κ2) is 5.49. The van der Waals surface area contributed by atoms with Gasteiger partial charge in [0, 0.05) is 28.7 Å². The summed E-state index contributed by atoms with van der Waals surface area (Å²) in [5.74, 6) is 1.08. The molecule has 0 aliphatic carbocycles. The van der Waals surface area contributed by atoms with Crippen molar-refractivity contribution in [3.05, 3.63) is 29.5 Å². The van der Waals surface area contributed by atoms with Crippen LogP contribution in [0.4, 0.5) is 0 Å². The molecule has 1 aliphatic heterocycles. The van der Waals surface area contributed by atoms with E-state index >= 15 is 0 Å². The van der Waals surface area contributed by atoms with E-state index in [1.165, 1.54) is 22.0 Å². The van der Waals surface area contributed by atoms with E-state index < -0.39 is 0 Å². The summed E-state index contributed by atoms with van der Waals surface area (Å²) in [4.78, 5) is 5.82. The molecular weight excluding hydrogens is 248 g/mol. The summed E-state index contributed by atoms with van der Waals surface area (Å²) in [6.45, 7) is 6.45. The molecule has 0 saturated carbocycles. The van der Waals surface area contributed by atoms with Crippen molar-refractivity contribution in [1.29, 1.82) is 0 Å². The van der Waals surface area contributed by atoms with Crippen molar-refractivity contribution in [2.75, 3.05) is 20.2 Å². The zero-order valence-corrected chi connectivity index (χ0v) is 12.7. The van der Waals surface area contributed by atoms with Crippen LogP contribution in [0.5, 0.6) is 5.75 Å². The molecule has 3 rings (SSSR count). The SMILES string of the molecule is CCN(C)[C@H](C)Cc1c[nH]c2ccc3c(c12)CCCO3. The lowest BCUT2D eigenvalue weighted by Gasteiger charge is -2.23. The van der Waals surface area contributed by atoms with Crippen molar-refractivity contribution >= 4 is 10.9 Å². The third-order valence-electron chi connectivity index (χ3n) is 4.59. The van der Waals surface area contributed by atoms with Crippen molar-refractivity contribution in [3.8, 4) is 5.75 Å². The minimum Gasteiger partial charge on any atom is -0.493 e. The Morgan fingerprint density at radius 3 is 3.05 bits per heavy atom. The zero-order chi connectivity index (χ0) is 14.1. The number of aryl methyl sites for hydroxylation is 1. The number of aromatic amines is 1. The maximum absolute atomic E-state index is 5.81. The first-order valence-electron chi connectivity index (χ1n) is 7.65. The molecule has 0 saturated heterocycles. The van der Waals surface area contributed by atoms with Crippen LogP contribution >= 0.6 is 0 Å². The molecule has 0 spiro atoms. The quantitative estimate of drug-likeness (QED) is 0.924. The van der Waals surface area contributed by atoms with Crippen LogP contribution in [-0.4, -0.2) is 36.1 Å². The predicted molar refractivity (Wildman–Crippen MR) is 83.6 cm³/mol. The van der Waals surface area contributed by atoms with E-state index in [2.05, 4.69) is 49.1 Å². The second-order valence-corrected chi connectivity index (χ2v) is 5.86. The summed E-state index contributed by atoms with van der Waals surface area (Å²) in [5, 5.41) is 1.40. The van der Waals surface area contributed by atoms with Crippen LogP contribution in [0.2, 0.25) is 0 Å². The molecule has 0 unspecified atom stereocenters. The molecule has 2 heterocycles. The Bertz CT molecular complexity index is 602. The highest BCUT2D eigenvalue weighted by Gasteiger charge is 2.18. The van der Waals surface area contributed by atoms with Gasteiger partial charge in [-0.05, 0) is 57.5 Å². The number of likely N-dealkylation sites (N-methyl/N-ethyl adjacent to an activating group) is 1. The second-order valence-electron chi connectivity index (χ2n) is 5.86. The summed E-state index contributed by atoms with van der Waals surface area (Å²) in [6.07, 6.45) is 5.52. The van der Waals surface area contributed by atoms with Gasteiger partial charge in [0.2, 0.25) is 0 Å². The Balaban J connectivity index is 1.99. The third-order valence-corrected chi connectivity index (χ3v) is 4.59. The van der Waals surface area contributed by atoms with E-state index in [1.54, 1.807) is 0 Å². The van der Waals surface area contributed by atoms with Crippen LogP contribution < -0.4 is 4.74 Å². The lowest BCUT2D eigenvalue weighted by Crippen LogP contribution is -2.30. The monoisotopic (exact) mass is 272 g/mol. The van der Waals surface area contributed by atoms with Crippen molar-refractivity contribution in [2.24, 2.45) is 0 Å². The average molecular weight is 272 g/mol. The first kappa shape index (κ1) is 13.5. The van der Waals surface area contributed by atoms with Crippen LogP contribution in [0.1, 0.15) is 31.4 Å². The smallest absolute Gasteiger partial charge is 0.123 e. The van der Waals surface area contributed by atoms with Gasteiger partial charge >= 0.3 is 0 Å². The molecule has 1 N–H and O–H groups in total. The van der Waals surface area contributed by atoms with Gasteiger partial charge < -0.3 is 14.6 Å². The van der Waals surface area contributed by atoms with E-state index in [0.717, 1.165) is 38.2 Å². The predicted octanol–water partition coefficient (Wildman–Crippen LogP) is 3.38. The summed E-state index contributed by atoms with van der Waals surface area (Å²) in [6, 6.07) is 4.81. The van der Waals surface area contributed by atoms with Crippen molar-refractivity contribution < 1.29 is 4.74 Å². The number of hydrogen-bond acceptors (Lipinski definition) is 2. The Hall–Kier alpha value is -1.48. The van der Waals surface area contributed by atoms with Crippen LogP contribution in [0.25, 0.3) is 10.9 Å². The highest BCUT2D eigenvalue weighted by Crippen LogP contribution is 2.34. The topological polar surface area (TPSA) is 28.3 Å². The lowest BCUT2D eigenvalue weighted by molar-refractivity contribution is 0.270. The lowest BCUT2D eigenvalue weighted by atomic mass is 9.96. The zero-order valence-electron chi connectivity index (χ0n) is 12.7. The summed E-state index contributed by atoms with van der Waals surface area (Å²) in [7, 11) is 2.19. The molecule has 2 aromatic rings. The minimum absolute atomic E-state index is 0.555. The highest BCUT2D eigenvalue weighted by molar-refractivity contribution is 5.89. The minimum atomic E-state index is 0.555. The molecule has 1 aromatic heterocycles. The Labute approximate surface area is 120 Å². The van der Waals surface area contributed by atoms with E-state index in [4.69, 9.17) is 4.74 Å². The van der Waals surface area contributed by atoms with Gasteiger partial charge in [0.25, 0.3) is 0 Å². The average Bonchev–Trinajstić information content (AvgIpc) is 2.89. The molecule has 1 aromatic carbocycles. The fourth-order valence-electron chi connectivity index (χ4n) is 3.11. The van der Waals surface area contributed by atoms with Gasteiger partial charge in [-0.2, -0.15) is 0 Å². The standard InChI is InChI=1S/C17H24N2O/c1-4-19(3)12(2)10-13-11-18-15-7-8-16-14(17(13)15)6-5-9-20-16/h7-8,11-12,18H,4-6,9-10H2,1-3H3/t12-/m1/s1. The van der Waals surface area contributed by atoms with Crippen LogP contribution in [0, 0.1) is 0 Å². The number of fused-ring (bicyclic) bond motifs is 3. The van der Waals surface area contributed by atoms with Crippen LogP contribution in [0.15, 0.2) is 18.3 Å². The number of nitrogens with zero attached hydrogens (tertiary/aromatic N) is 1. The number of aromatic nitrogens is 1. The molecule has 0 amide bonds. The third kappa shape index (κ3) is 2.31. The molecule has 1 atom stereocenters. The fraction of sp³-hybridized carbons (Fsp3) is 0.529. The molecule has 3 heteroatoms. The summed E-state index contributed by atoms with van der Waals surface area (Å²) in [5.41, 5.74) is 4.07. The van der Waals surface area contributed by atoms with E-state index in [1.807, 2.05) is 0 Å².